The molecule has 100 valence electrons. The molecule has 0 spiro atoms. The zero-order chi connectivity index (χ0) is 13.1. The Morgan fingerprint density at radius 2 is 1.89 bits per heavy atom. The molecule has 1 atom stereocenters. The summed E-state index contributed by atoms with van der Waals surface area (Å²) in [5.74, 6) is 0.925. The van der Waals surface area contributed by atoms with Gasteiger partial charge in [-0.25, -0.2) is 0 Å². The number of hydrogen-bond donors (Lipinski definition) is 1. The molecular formula is C15H23NO2. The van der Waals surface area contributed by atoms with E-state index in [2.05, 4.69) is 30.9 Å². The second-order valence-corrected chi connectivity index (χ2v) is 5.12. The summed E-state index contributed by atoms with van der Waals surface area (Å²) in [6, 6.07) is 4.37. The van der Waals surface area contributed by atoms with Crippen molar-refractivity contribution in [2.24, 2.45) is 0 Å². The van der Waals surface area contributed by atoms with Crippen molar-refractivity contribution in [1.29, 1.82) is 0 Å². The standard InChI is InChI=1S/C15H23NO2/c1-11-9-15(18-3)12(2)8-13(11)14(10-17)16-6-4-5-7-16/h8-9,14,17H,4-7,10H2,1-3H3. The zero-order valence-electron chi connectivity index (χ0n) is 11.6. The molecule has 1 unspecified atom stereocenters. The highest BCUT2D eigenvalue weighted by Gasteiger charge is 2.24. The molecule has 2 rings (SSSR count). The van der Waals surface area contributed by atoms with Gasteiger partial charge in [0.05, 0.1) is 19.8 Å². The van der Waals surface area contributed by atoms with Crippen molar-refractivity contribution in [3.63, 3.8) is 0 Å². The molecule has 0 amide bonds. The number of ether oxygens (including phenoxy) is 1. The van der Waals surface area contributed by atoms with Crippen LogP contribution in [0.25, 0.3) is 0 Å². The van der Waals surface area contributed by atoms with Gasteiger partial charge in [0.15, 0.2) is 0 Å². The van der Waals surface area contributed by atoms with E-state index in [4.69, 9.17) is 4.74 Å². The first-order valence-corrected chi connectivity index (χ1v) is 6.67. The molecule has 3 nitrogen and oxygen atoms in total. The van der Waals surface area contributed by atoms with Crippen LogP contribution in [-0.2, 0) is 0 Å². The summed E-state index contributed by atoms with van der Waals surface area (Å²) in [5, 5.41) is 9.71. The van der Waals surface area contributed by atoms with Crippen molar-refractivity contribution in [1.82, 2.24) is 4.90 Å². The van der Waals surface area contributed by atoms with Crippen LogP contribution in [0.2, 0.25) is 0 Å². The van der Waals surface area contributed by atoms with E-state index in [1.54, 1.807) is 7.11 Å². The van der Waals surface area contributed by atoms with Crippen LogP contribution in [0.5, 0.6) is 5.75 Å². The lowest BCUT2D eigenvalue weighted by Crippen LogP contribution is -2.28. The second-order valence-electron chi connectivity index (χ2n) is 5.12. The fraction of sp³-hybridized carbons (Fsp3) is 0.600. The minimum absolute atomic E-state index is 0.136. The molecule has 1 saturated heterocycles. The molecule has 18 heavy (non-hydrogen) atoms. The number of aliphatic hydroxyl groups excluding tert-OH is 1. The highest BCUT2D eigenvalue weighted by molar-refractivity contribution is 5.43. The Morgan fingerprint density at radius 3 is 2.44 bits per heavy atom. The van der Waals surface area contributed by atoms with Crippen LogP contribution in [0.15, 0.2) is 12.1 Å². The van der Waals surface area contributed by atoms with Crippen molar-refractivity contribution in [2.45, 2.75) is 32.7 Å². The van der Waals surface area contributed by atoms with Gasteiger partial charge in [-0.1, -0.05) is 6.07 Å². The largest absolute Gasteiger partial charge is 0.496 e. The monoisotopic (exact) mass is 249 g/mol. The summed E-state index contributed by atoms with van der Waals surface area (Å²) < 4.78 is 5.34. The van der Waals surface area contributed by atoms with Crippen LogP contribution in [0.4, 0.5) is 0 Å². The SMILES string of the molecule is COc1cc(C)c(C(CO)N2CCCC2)cc1C. The van der Waals surface area contributed by atoms with Gasteiger partial charge in [-0.3, -0.25) is 4.90 Å². The van der Waals surface area contributed by atoms with Crippen molar-refractivity contribution in [2.75, 3.05) is 26.8 Å². The van der Waals surface area contributed by atoms with Gasteiger partial charge < -0.3 is 9.84 Å². The van der Waals surface area contributed by atoms with E-state index in [-0.39, 0.29) is 12.6 Å². The fourth-order valence-electron chi connectivity index (χ4n) is 2.85. The van der Waals surface area contributed by atoms with E-state index in [0.717, 1.165) is 24.4 Å². The lowest BCUT2D eigenvalue weighted by atomic mass is 9.97. The molecule has 1 heterocycles. The highest BCUT2D eigenvalue weighted by Crippen LogP contribution is 2.31. The summed E-state index contributed by atoms with van der Waals surface area (Å²) in [5.41, 5.74) is 3.57. The maximum Gasteiger partial charge on any atom is 0.122 e. The lowest BCUT2D eigenvalue weighted by molar-refractivity contribution is 0.146. The van der Waals surface area contributed by atoms with Crippen molar-refractivity contribution < 1.29 is 9.84 Å². The van der Waals surface area contributed by atoms with Crippen LogP contribution >= 0.6 is 0 Å². The number of likely N-dealkylation sites (tertiary alicyclic amines) is 1. The molecule has 1 fully saturated rings. The Hall–Kier alpha value is -1.06. The lowest BCUT2D eigenvalue weighted by Gasteiger charge is -2.28. The minimum Gasteiger partial charge on any atom is -0.496 e. The number of benzene rings is 1. The van der Waals surface area contributed by atoms with Gasteiger partial charge in [0.25, 0.3) is 0 Å². The van der Waals surface area contributed by atoms with Crippen LogP contribution in [0, 0.1) is 13.8 Å². The van der Waals surface area contributed by atoms with Crippen molar-refractivity contribution >= 4 is 0 Å². The third-order valence-electron chi connectivity index (χ3n) is 3.90. The van der Waals surface area contributed by atoms with Gasteiger partial charge in [-0.15, -0.1) is 0 Å². The number of hydrogen-bond acceptors (Lipinski definition) is 3. The number of aliphatic hydroxyl groups is 1. The normalized spacial score (nSPS) is 18.0. The molecule has 0 saturated carbocycles. The van der Waals surface area contributed by atoms with Crippen molar-refractivity contribution in [3.8, 4) is 5.75 Å². The topological polar surface area (TPSA) is 32.7 Å². The van der Waals surface area contributed by atoms with E-state index in [9.17, 15) is 5.11 Å². The highest BCUT2D eigenvalue weighted by atomic mass is 16.5. The van der Waals surface area contributed by atoms with Gasteiger partial charge in [0.2, 0.25) is 0 Å². The molecule has 0 bridgehead atoms. The summed E-state index contributed by atoms with van der Waals surface area (Å²) in [6.07, 6.45) is 2.48. The minimum atomic E-state index is 0.136. The van der Waals surface area contributed by atoms with Crippen LogP contribution in [0.3, 0.4) is 0 Å². The first-order chi connectivity index (χ1) is 8.67. The third-order valence-corrected chi connectivity index (χ3v) is 3.90. The Bertz CT molecular complexity index is 411. The molecule has 0 aromatic heterocycles. The van der Waals surface area contributed by atoms with Gasteiger partial charge in [0, 0.05) is 0 Å². The molecule has 1 aliphatic rings. The van der Waals surface area contributed by atoms with E-state index in [1.165, 1.54) is 24.0 Å². The van der Waals surface area contributed by atoms with E-state index < -0.39 is 0 Å². The van der Waals surface area contributed by atoms with Gasteiger partial charge >= 0.3 is 0 Å². The molecule has 1 aliphatic heterocycles. The van der Waals surface area contributed by atoms with Gasteiger partial charge in [0.1, 0.15) is 5.75 Å². The molecular weight excluding hydrogens is 226 g/mol. The smallest absolute Gasteiger partial charge is 0.122 e. The molecule has 0 radical (unpaired) electrons. The van der Waals surface area contributed by atoms with Gasteiger partial charge in [-0.2, -0.15) is 0 Å². The van der Waals surface area contributed by atoms with Crippen molar-refractivity contribution in [3.05, 3.63) is 28.8 Å². The number of methoxy groups -OCH3 is 1. The second kappa shape index (κ2) is 5.72. The quantitative estimate of drug-likeness (QED) is 0.889. The Balaban J connectivity index is 2.32. The Kier molecular flexibility index (Phi) is 4.25. The number of aryl methyl sites for hydroxylation is 2. The third kappa shape index (κ3) is 2.52. The summed E-state index contributed by atoms with van der Waals surface area (Å²) in [7, 11) is 1.70. The molecule has 0 aliphatic carbocycles. The Labute approximate surface area is 109 Å². The zero-order valence-corrected chi connectivity index (χ0v) is 11.6. The fourth-order valence-corrected chi connectivity index (χ4v) is 2.85. The van der Waals surface area contributed by atoms with E-state index in [0.29, 0.717) is 0 Å². The van der Waals surface area contributed by atoms with Gasteiger partial charge in [-0.05, 0) is 62.5 Å². The average Bonchev–Trinajstić information content (AvgIpc) is 2.87. The first-order valence-electron chi connectivity index (χ1n) is 6.67. The summed E-state index contributed by atoms with van der Waals surface area (Å²) in [6.45, 7) is 6.52. The maximum absolute atomic E-state index is 9.71. The summed E-state index contributed by atoms with van der Waals surface area (Å²) in [4.78, 5) is 2.38. The predicted octanol–water partition coefficient (Wildman–Crippen LogP) is 2.44. The maximum atomic E-state index is 9.71. The van der Waals surface area contributed by atoms with E-state index in [1.807, 2.05) is 0 Å². The molecule has 3 heteroatoms. The van der Waals surface area contributed by atoms with Crippen LogP contribution in [0.1, 0.15) is 35.6 Å². The first kappa shape index (κ1) is 13.4. The molecule has 1 aromatic rings. The van der Waals surface area contributed by atoms with Crippen LogP contribution in [-0.4, -0.2) is 36.8 Å². The summed E-state index contributed by atoms with van der Waals surface area (Å²) >= 11 is 0. The number of nitrogens with zero attached hydrogens (tertiary/aromatic N) is 1. The molecule has 1 N–H and O–H groups in total. The van der Waals surface area contributed by atoms with E-state index >= 15 is 0 Å². The predicted molar refractivity (Wildman–Crippen MR) is 73.1 cm³/mol. The Morgan fingerprint density at radius 1 is 1.22 bits per heavy atom. The average molecular weight is 249 g/mol. The van der Waals surface area contributed by atoms with Crippen LogP contribution < -0.4 is 4.74 Å². The number of rotatable bonds is 4. The molecule has 1 aromatic carbocycles.